The van der Waals surface area contributed by atoms with Gasteiger partial charge >= 0.3 is 12.0 Å². The van der Waals surface area contributed by atoms with E-state index in [2.05, 4.69) is 10.6 Å². The molecule has 0 aliphatic carbocycles. The molecule has 1 aromatic carbocycles. The van der Waals surface area contributed by atoms with Crippen LogP contribution in [0.4, 0.5) is 10.5 Å². The molecule has 0 radical (unpaired) electrons. The summed E-state index contributed by atoms with van der Waals surface area (Å²) in [6.45, 7) is 2.80. The molecule has 30 heavy (non-hydrogen) atoms. The Labute approximate surface area is 176 Å². The van der Waals surface area contributed by atoms with Gasteiger partial charge in [0.15, 0.2) is 0 Å². The van der Waals surface area contributed by atoms with Gasteiger partial charge < -0.3 is 29.7 Å². The molecule has 3 atom stereocenters. The number of fused-ring (bicyclic) bond motifs is 2. The second kappa shape index (κ2) is 9.80. The second-order valence-corrected chi connectivity index (χ2v) is 7.54. The van der Waals surface area contributed by atoms with Crippen molar-refractivity contribution in [2.75, 3.05) is 32.6 Å². The van der Waals surface area contributed by atoms with Gasteiger partial charge in [0.05, 0.1) is 31.2 Å². The van der Waals surface area contributed by atoms with E-state index >= 15 is 0 Å². The van der Waals surface area contributed by atoms with Gasteiger partial charge in [0.25, 0.3) is 5.91 Å². The minimum absolute atomic E-state index is 0.163. The molecule has 0 saturated carbocycles. The summed E-state index contributed by atoms with van der Waals surface area (Å²) in [5.74, 6) is -0.0844. The van der Waals surface area contributed by atoms with Gasteiger partial charge in [-0.1, -0.05) is 6.92 Å². The molecule has 0 unspecified atom stereocenters. The van der Waals surface area contributed by atoms with Gasteiger partial charge in [0, 0.05) is 19.3 Å². The van der Waals surface area contributed by atoms with Crippen LogP contribution in [0, 0.1) is 0 Å². The molecule has 3 rings (SSSR count). The molecule has 2 aliphatic rings. The quantitative estimate of drug-likeness (QED) is 0.709. The van der Waals surface area contributed by atoms with Crippen molar-refractivity contribution >= 4 is 23.6 Å². The van der Waals surface area contributed by atoms with Gasteiger partial charge in [0.2, 0.25) is 0 Å². The van der Waals surface area contributed by atoms with Crippen LogP contribution in [-0.4, -0.2) is 68.4 Å². The Bertz CT molecular complexity index is 799. The third-order valence-electron chi connectivity index (χ3n) is 5.43. The maximum absolute atomic E-state index is 13.1. The number of rotatable bonds is 5. The predicted octanol–water partition coefficient (Wildman–Crippen LogP) is 2.16. The van der Waals surface area contributed by atoms with E-state index in [9.17, 15) is 14.4 Å². The molecule has 9 heteroatoms. The number of nitrogens with one attached hydrogen (secondary N) is 2. The van der Waals surface area contributed by atoms with Crippen molar-refractivity contribution in [3.05, 3.63) is 23.8 Å². The molecular formula is C21H29N3O6. The van der Waals surface area contributed by atoms with E-state index < -0.39 is 0 Å². The van der Waals surface area contributed by atoms with Crippen LogP contribution in [-0.2, 0) is 14.3 Å². The summed E-state index contributed by atoms with van der Waals surface area (Å²) in [6, 6.07) is 4.51. The summed E-state index contributed by atoms with van der Waals surface area (Å²) in [5, 5.41) is 5.48. The van der Waals surface area contributed by atoms with Gasteiger partial charge in [-0.2, -0.15) is 0 Å². The van der Waals surface area contributed by atoms with Crippen molar-refractivity contribution in [2.24, 2.45) is 0 Å². The fraction of sp³-hybridized carbons (Fsp3) is 0.571. The largest absolute Gasteiger partial charge is 0.490 e. The number of ether oxygens (including phenoxy) is 3. The van der Waals surface area contributed by atoms with Crippen LogP contribution in [0.1, 0.15) is 43.0 Å². The molecular weight excluding hydrogens is 390 g/mol. The Morgan fingerprint density at radius 3 is 2.83 bits per heavy atom. The average Bonchev–Trinajstić information content (AvgIpc) is 2.75. The zero-order valence-corrected chi connectivity index (χ0v) is 17.6. The summed E-state index contributed by atoms with van der Waals surface area (Å²) < 4.78 is 16.7. The van der Waals surface area contributed by atoms with Crippen molar-refractivity contribution in [3.8, 4) is 5.75 Å². The topological polar surface area (TPSA) is 106 Å². The van der Waals surface area contributed by atoms with Crippen LogP contribution in [0.25, 0.3) is 0 Å². The average molecular weight is 419 g/mol. The third-order valence-corrected chi connectivity index (χ3v) is 5.43. The minimum Gasteiger partial charge on any atom is -0.490 e. The maximum atomic E-state index is 13.1. The standard InChI is InChI=1S/C21H29N3O6/c1-4-9-22-21(27)23-13-5-8-17-15(10-13)20(26)24(2)16-7-6-14(11-19(25)28-3)30-18(16)12-29-17/h5,8,10,14,16,18H,4,6-7,9,11-12H2,1-3H3,(H2,22,23,27)/t14-,16+,18-/m1/s1. The Hall–Kier alpha value is -2.81. The number of benzene rings is 1. The summed E-state index contributed by atoms with van der Waals surface area (Å²) in [6.07, 6.45) is 1.78. The number of hydrogen-bond donors (Lipinski definition) is 2. The lowest BCUT2D eigenvalue weighted by Crippen LogP contribution is -2.53. The Balaban J connectivity index is 1.74. The van der Waals surface area contributed by atoms with Crippen LogP contribution >= 0.6 is 0 Å². The molecule has 9 nitrogen and oxygen atoms in total. The number of carbonyl (C=O) groups is 3. The maximum Gasteiger partial charge on any atom is 0.319 e. The first-order chi connectivity index (χ1) is 14.4. The number of anilines is 1. The van der Waals surface area contributed by atoms with Crippen molar-refractivity contribution in [1.82, 2.24) is 10.2 Å². The number of hydrogen-bond acceptors (Lipinski definition) is 6. The molecule has 0 bridgehead atoms. The number of likely N-dealkylation sites (N-methyl/N-ethyl adjacent to an activating group) is 1. The fourth-order valence-corrected chi connectivity index (χ4v) is 3.79. The minimum atomic E-state index is -0.340. The SMILES string of the molecule is CCCNC(=O)Nc1ccc2c(c1)C(=O)N(C)[C@H]1CC[C@H](CC(=O)OC)O[C@@H]1CO2. The van der Waals surface area contributed by atoms with E-state index in [0.29, 0.717) is 36.4 Å². The Morgan fingerprint density at radius 1 is 1.30 bits per heavy atom. The van der Waals surface area contributed by atoms with Crippen molar-refractivity contribution < 1.29 is 28.6 Å². The third kappa shape index (κ3) is 5.02. The molecule has 1 saturated heterocycles. The monoisotopic (exact) mass is 419 g/mol. The highest BCUT2D eigenvalue weighted by molar-refractivity contribution is 5.99. The molecule has 0 aromatic heterocycles. The van der Waals surface area contributed by atoms with E-state index in [1.807, 2.05) is 6.92 Å². The van der Waals surface area contributed by atoms with Crippen molar-refractivity contribution in [2.45, 2.75) is 50.9 Å². The van der Waals surface area contributed by atoms with E-state index in [-0.39, 0.29) is 49.2 Å². The van der Waals surface area contributed by atoms with Gasteiger partial charge in [-0.3, -0.25) is 9.59 Å². The first kappa shape index (κ1) is 21.9. The van der Waals surface area contributed by atoms with Gasteiger partial charge in [-0.25, -0.2) is 4.79 Å². The predicted molar refractivity (Wildman–Crippen MR) is 110 cm³/mol. The first-order valence-corrected chi connectivity index (χ1v) is 10.2. The molecule has 2 heterocycles. The number of nitrogens with zero attached hydrogens (tertiary/aromatic N) is 1. The van der Waals surface area contributed by atoms with Gasteiger partial charge in [0.1, 0.15) is 18.5 Å². The van der Waals surface area contributed by atoms with Crippen LogP contribution in [0.15, 0.2) is 18.2 Å². The highest BCUT2D eigenvalue weighted by Gasteiger charge is 2.39. The summed E-state index contributed by atoms with van der Waals surface area (Å²) in [5.41, 5.74) is 0.906. The molecule has 1 fully saturated rings. The van der Waals surface area contributed by atoms with E-state index in [1.165, 1.54) is 7.11 Å². The van der Waals surface area contributed by atoms with Gasteiger partial charge in [-0.15, -0.1) is 0 Å². The summed E-state index contributed by atoms with van der Waals surface area (Å²) in [4.78, 5) is 38.3. The van der Waals surface area contributed by atoms with Crippen LogP contribution < -0.4 is 15.4 Å². The number of carbonyl (C=O) groups excluding carboxylic acids is 3. The van der Waals surface area contributed by atoms with E-state index in [4.69, 9.17) is 14.2 Å². The highest BCUT2D eigenvalue weighted by atomic mass is 16.5. The summed E-state index contributed by atoms with van der Waals surface area (Å²) >= 11 is 0. The lowest BCUT2D eigenvalue weighted by atomic mass is 9.94. The van der Waals surface area contributed by atoms with E-state index in [1.54, 1.807) is 30.1 Å². The van der Waals surface area contributed by atoms with Crippen LogP contribution in [0.2, 0.25) is 0 Å². The molecule has 164 valence electrons. The second-order valence-electron chi connectivity index (χ2n) is 7.54. The fourth-order valence-electron chi connectivity index (χ4n) is 3.79. The van der Waals surface area contributed by atoms with Crippen LogP contribution in [0.3, 0.4) is 0 Å². The summed E-state index contributed by atoms with van der Waals surface area (Å²) in [7, 11) is 3.10. The molecule has 3 amide bonds. The smallest absolute Gasteiger partial charge is 0.319 e. The number of esters is 1. The zero-order valence-electron chi connectivity index (χ0n) is 17.6. The molecule has 0 spiro atoms. The molecule has 2 aliphatic heterocycles. The van der Waals surface area contributed by atoms with Crippen molar-refractivity contribution in [3.63, 3.8) is 0 Å². The lowest BCUT2D eigenvalue weighted by molar-refractivity contribution is -0.151. The molecule has 1 aromatic rings. The Kier molecular flexibility index (Phi) is 7.15. The van der Waals surface area contributed by atoms with Crippen molar-refractivity contribution in [1.29, 1.82) is 0 Å². The van der Waals surface area contributed by atoms with Gasteiger partial charge in [-0.05, 0) is 37.5 Å². The molecule has 2 N–H and O–H groups in total. The highest BCUT2D eigenvalue weighted by Crippen LogP contribution is 2.32. The number of urea groups is 1. The van der Waals surface area contributed by atoms with Crippen LogP contribution in [0.5, 0.6) is 5.75 Å². The lowest BCUT2D eigenvalue weighted by Gasteiger charge is -2.42. The number of amides is 3. The number of methoxy groups -OCH3 is 1. The normalized spacial score (nSPS) is 23.2. The zero-order chi connectivity index (χ0) is 21.7. The van der Waals surface area contributed by atoms with E-state index in [0.717, 1.165) is 6.42 Å². The first-order valence-electron chi connectivity index (χ1n) is 10.2. The Morgan fingerprint density at radius 2 is 2.10 bits per heavy atom.